The highest BCUT2D eigenvalue weighted by atomic mass is 16.2. The van der Waals surface area contributed by atoms with E-state index >= 15 is 0 Å². The first-order valence-electron chi connectivity index (χ1n) is 7.22. The monoisotopic (exact) mass is 258 g/mol. The zero-order valence-corrected chi connectivity index (χ0v) is 11.8. The molecule has 1 aromatic rings. The van der Waals surface area contributed by atoms with E-state index < -0.39 is 0 Å². The molecule has 102 valence electrons. The zero-order valence-electron chi connectivity index (χ0n) is 11.8. The van der Waals surface area contributed by atoms with E-state index in [1.54, 1.807) is 0 Å². The molecule has 3 heteroatoms. The van der Waals surface area contributed by atoms with Crippen molar-refractivity contribution in [1.82, 2.24) is 10.2 Å². The van der Waals surface area contributed by atoms with Crippen molar-refractivity contribution in [3.05, 3.63) is 35.4 Å². The Morgan fingerprint density at radius 2 is 1.89 bits per heavy atom. The quantitative estimate of drug-likeness (QED) is 0.882. The van der Waals surface area contributed by atoms with Crippen molar-refractivity contribution < 1.29 is 4.79 Å². The second-order valence-corrected chi connectivity index (χ2v) is 6.02. The molecule has 3 nitrogen and oxygen atoms in total. The molecule has 2 fully saturated rings. The smallest absolute Gasteiger partial charge is 0.241 e. The molecule has 0 unspecified atom stereocenters. The van der Waals surface area contributed by atoms with Gasteiger partial charge >= 0.3 is 0 Å². The Bertz CT molecular complexity index is 474. The van der Waals surface area contributed by atoms with Crippen LogP contribution in [0.3, 0.4) is 0 Å². The summed E-state index contributed by atoms with van der Waals surface area (Å²) in [6, 6.07) is 8.44. The van der Waals surface area contributed by atoms with Gasteiger partial charge in [0.25, 0.3) is 0 Å². The van der Waals surface area contributed by atoms with Crippen LogP contribution in [0.15, 0.2) is 24.3 Å². The minimum absolute atomic E-state index is 0.0492. The minimum Gasteiger partial charge on any atom is -0.326 e. The van der Waals surface area contributed by atoms with Crippen LogP contribution in [0, 0.1) is 6.92 Å². The Morgan fingerprint density at radius 1 is 1.26 bits per heavy atom. The number of amides is 1. The SMILES string of the molecule is Cc1ccc(C[C@@H]2NC3(CCCC3)N(C)C2=O)cc1. The molecule has 3 rings (SSSR count). The molecule has 1 saturated heterocycles. The molecule has 1 amide bonds. The Labute approximate surface area is 115 Å². The van der Waals surface area contributed by atoms with Gasteiger partial charge in [-0.05, 0) is 44.6 Å². The van der Waals surface area contributed by atoms with E-state index in [0.717, 1.165) is 19.3 Å². The van der Waals surface area contributed by atoms with Crippen LogP contribution in [0.1, 0.15) is 36.8 Å². The van der Waals surface area contributed by atoms with E-state index in [1.165, 1.54) is 24.0 Å². The van der Waals surface area contributed by atoms with Gasteiger partial charge in [0.2, 0.25) is 5.91 Å². The molecule has 1 N–H and O–H groups in total. The number of hydrogen-bond donors (Lipinski definition) is 1. The first-order chi connectivity index (χ1) is 9.11. The van der Waals surface area contributed by atoms with Gasteiger partial charge < -0.3 is 4.90 Å². The van der Waals surface area contributed by atoms with Gasteiger partial charge in [-0.3, -0.25) is 10.1 Å². The maximum atomic E-state index is 12.4. The summed E-state index contributed by atoms with van der Waals surface area (Å²) in [5.41, 5.74) is 2.45. The highest BCUT2D eigenvalue weighted by molar-refractivity contribution is 5.85. The van der Waals surface area contributed by atoms with Crippen LogP contribution in [-0.2, 0) is 11.2 Å². The zero-order chi connectivity index (χ0) is 13.5. The van der Waals surface area contributed by atoms with Crippen LogP contribution in [0.25, 0.3) is 0 Å². The molecule has 1 heterocycles. The molecular weight excluding hydrogens is 236 g/mol. The Morgan fingerprint density at radius 3 is 2.53 bits per heavy atom. The second kappa shape index (κ2) is 4.64. The van der Waals surface area contributed by atoms with Crippen LogP contribution in [0.2, 0.25) is 0 Å². The highest BCUT2D eigenvalue weighted by Gasteiger charge is 2.49. The molecule has 19 heavy (non-hydrogen) atoms. The Hall–Kier alpha value is -1.35. The van der Waals surface area contributed by atoms with E-state index in [2.05, 4.69) is 36.5 Å². The molecule has 1 atom stereocenters. The summed E-state index contributed by atoms with van der Waals surface area (Å²) in [7, 11) is 1.95. The maximum Gasteiger partial charge on any atom is 0.241 e. The lowest BCUT2D eigenvalue weighted by atomic mass is 10.0. The number of hydrogen-bond acceptors (Lipinski definition) is 2. The molecule has 2 aliphatic rings. The van der Waals surface area contributed by atoms with Crippen molar-refractivity contribution in [2.24, 2.45) is 0 Å². The summed E-state index contributed by atoms with van der Waals surface area (Å²) in [4.78, 5) is 14.4. The number of nitrogens with zero attached hydrogens (tertiary/aromatic N) is 1. The molecule has 1 spiro atoms. The largest absolute Gasteiger partial charge is 0.326 e. The number of nitrogens with one attached hydrogen (secondary N) is 1. The van der Waals surface area contributed by atoms with Gasteiger partial charge in [0.1, 0.15) is 0 Å². The molecular formula is C16H22N2O. The van der Waals surface area contributed by atoms with Crippen LogP contribution in [0.5, 0.6) is 0 Å². The molecule has 0 radical (unpaired) electrons. The highest BCUT2D eigenvalue weighted by Crippen LogP contribution is 2.36. The number of benzene rings is 1. The lowest BCUT2D eigenvalue weighted by Crippen LogP contribution is -2.48. The van der Waals surface area contributed by atoms with Gasteiger partial charge in [-0.2, -0.15) is 0 Å². The Kier molecular flexibility index (Phi) is 3.09. The maximum absolute atomic E-state index is 12.4. The fourth-order valence-corrected chi connectivity index (χ4v) is 3.47. The predicted molar refractivity (Wildman–Crippen MR) is 75.8 cm³/mol. The van der Waals surface area contributed by atoms with Gasteiger partial charge in [0.15, 0.2) is 0 Å². The molecule has 0 aromatic heterocycles. The molecule has 0 bridgehead atoms. The number of aryl methyl sites for hydroxylation is 1. The molecule has 1 aromatic carbocycles. The van der Waals surface area contributed by atoms with Crippen molar-refractivity contribution in [2.75, 3.05) is 7.05 Å². The van der Waals surface area contributed by atoms with Crippen molar-refractivity contribution in [3.63, 3.8) is 0 Å². The minimum atomic E-state index is -0.0502. The molecule has 1 saturated carbocycles. The number of carbonyl (C=O) groups excluding carboxylic acids is 1. The van der Waals surface area contributed by atoms with Crippen LogP contribution in [0.4, 0.5) is 0 Å². The van der Waals surface area contributed by atoms with Crippen molar-refractivity contribution >= 4 is 5.91 Å². The van der Waals surface area contributed by atoms with Crippen LogP contribution in [-0.4, -0.2) is 29.6 Å². The van der Waals surface area contributed by atoms with Crippen LogP contribution >= 0.6 is 0 Å². The van der Waals surface area contributed by atoms with Gasteiger partial charge in [0, 0.05) is 7.05 Å². The summed E-state index contributed by atoms with van der Waals surface area (Å²) in [6.07, 6.45) is 5.44. The molecule has 1 aliphatic carbocycles. The first-order valence-corrected chi connectivity index (χ1v) is 7.22. The lowest BCUT2D eigenvalue weighted by Gasteiger charge is -2.31. The molecule has 1 aliphatic heterocycles. The third-order valence-corrected chi connectivity index (χ3v) is 4.70. The topological polar surface area (TPSA) is 32.3 Å². The normalized spacial score (nSPS) is 25.5. The van der Waals surface area contributed by atoms with E-state index in [0.29, 0.717) is 0 Å². The van der Waals surface area contributed by atoms with Gasteiger partial charge in [0.05, 0.1) is 11.7 Å². The van der Waals surface area contributed by atoms with E-state index in [9.17, 15) is 4.79 Å². The van der Waals surface area contributed by atoms with Crippen LogP contribution < -0.4 is 5.32 Å². The first kappa shape index (κ1) is 12.7. The standard InChI is InChI=1S/C16H22N2O/c1-12-5-7-13(8-6-12)11-14-15(19)18(2)16(17-14)9-3-4-10-16/h5-8,14,17H,3-4,9-11H2,1-2H3/t14-/m0/s1. The predicted octanol–water partition coefficient (Wildman–Crippen LogP) is 2.24. The number of rotatable bonds is 2. The van der Waals surface area contributed by atoms with Gasteiger partial charge in [-0.25, -0.2) is 0 Å². The fourth-order valence-electron chi connectivity index (χ4n) is 3.47. The lowest BCUT2D eigenvalue weighted by molar-refractivity contribution is -0.130. The average Bonchev–Trinajstić information content (AvgIpc) is 2.96. The van der Waals surface area contributed by atoms with E-state index in [4.69, 9.17) is 0 Å². The third kappa shape index (κ3) is 2.16. The summed E-state index contributed by atoms with van der Waals surface area (Å²) in [6.45, 7) is 2.09. The fraction of sp³-hybridized carbons (Fsp3) is 0.562. The second-order valence-electron chi connectivity index (χ2n) is 6.02. The van der Waals surface area contributed by atoms with Gasteiger partial charge in [-0.15, -0.1) is 0 Å². The van der Waals surface area contributed by atoms with E-state index in [1.807, 2.05) is 11.9 Å². The van der Waals surface area contributed by atoms with Crippen molar-refractivity contribution in [1.29, 1.82) is 0 Å². The number of carbonyl (C=O) groups is 1. The third-order valence-electron chi connectivity index (χ3n) is 4.70. The van der Waals surface area contributed by atoms with Gasteiger partial charge in [-0.1, -0.05) is 29.8 Å². The van der Waals surface area contributed by atoms with Crippen molar-refractivity contribution in [2.45, 2.75) is 50.7 Å². The Balaban J connectivity index is 1.75. The van der Waals surface area contributed by atoms with E-state index in [-0.39, 0.29) is 17.6 Å². The van der Waals surface area contributed by atoms with Crippen molar-refractivity contribution in [3.8, 4) is 0 Å². The summed E-state index contributed by atoms with van der Waals surface area (Å²) >= 11 is 0. The summed E-state index contributed by atoms with van der Waals surface area (Å²) in [5.74, 6) is 0.252. The average molecular weight is 258 g/mol. The summed E-state index contributed by atoms with van der Waals surface area (Å²) < 4.78 is 0. The number of likely N-dealkylation sites (N-methyl/N-ethyl adjacent to an activating group) is 1. The summed E-state index contributed by atoms with van der Waals surface area (Å²) in [5, 5.41) is 3.61.